The predicted molar refractivity (Wildman–Crippen MR) is 194 cm³/mol. The van der Waals surface area contributed by atoms with Crippen molar-refractivity contribution in [1.82, 2.24) is 0 Å². The summed E-state index contributed by atoms with van der Waals surface area (Å²) in [4.78, 5) is 24.4. The molecule has 1 unspecified atom stereocenters. The van der Waals surface area contributed by atoms with Crippen LogP contribution >= 0.6 is 9.24 Å². The van der Waals surface area contributed by atoms with Gasteiger partial charge in [0.2, 0.25) is 0 Å². The summed E-state index contributed by atoms with van der Waals surface area (Å²) in [5.41, 5.74) is 0. The van der Waals surface area contributed by atoms with Crippen LogP contribution in [0.25, 0.3) is 0 Å². The van der Waals surface area contributed by atoms with Crippen molar-refractivity contribution in [2.45, 2.75) is 200 Å². The van der Waals surface area contributed by atoms with Crippen molar-refractivity contribution in [3.05, 3.63) is 24.3 Å². The number of hydrogen-bond acceptors (Lipinski definition) is 4. The molecule has 0 spiro atoms. The molecule has 0 saturated carbocycles. The van der Waals surface area contributed by atoms with Gasteiger partial charge in [0, 0.05) is 19.0 Å². The van der Waals surface area contributed by atoms with E-state index in [0.29, 0.717) is 19.0 Å². The molecule has 0 N–H and O–H groups in total. The van der Waals surface area contributed by atoms with Gasteiger partial charge < -0.3 is 9.47 Å². The fourth-order valence-electron chi connectivity index (χ4n) is 5.33. The SMILES string of the molecule is CCCCCCCC/C=C\CCCCCCCC(=O)OC[C@@H](CP)OC(=O)CCCCCCC/C=C\CCCCCCCC. The molecule has 0 saturated heterocycles. The van der Waals surface area contributed by atoms with Crippen LogP contribution in [0.4, 0.5) is 0 Å². The summed E-state index contributed by atoms with van der Waals surface area (Å²) in [6.45, 7) is 4.69. The van der Waals surface area contributed by atoms with Crippen molar-refractivity contribution in [3.63, 3.8) is 0 Å². The highest BCUT2D eigenvalue weighted by atomic mass is 31.0. The molecule has 0 heterocycles. The van der Waals surface area contributed by atoms with E-state index in [-0.39, 0.29) is 24.6 Å². The Labute approximate surface area is 276 Å². The highest BCUT2D eigenvalue weighted by Crippen LogP contribution is 2.13. The van der Waals surface area contributed by atoms with Crippen LogP contribution in [0.2, 0.25) is 0 Å². The average molecular weight is 637 g/mol. The van der Waals surface area contributed by atoms with Gasteiger partial charge in [0.25, 0.3) is 0 Å². The Morgan fingerprint density at radius 3 is 1.23 bits per heavy atom. The molecule has 0 aliphatic heterocycles. The largest absolute Gasteiger partial charge is 0.462 e. The molecule has 5 heteroatoms. The standard InChI is InChI=1S/C39H73O4P/c1-3-5-7-9-11-13-15-17-19-21-23-25-27-29-31-33-38(40)42-35-37(36-44)43-39(41)34-32-30-28-26-24-22-20-18-16-14-12-10-8-6-4-2/h17-20,37H,3-16,21-36,44H2,1-2H3/b19-17-,20-18-/t37-/m0/s1. The number of hydrogen-bond donors (Lipinski definition) is 0. The summed E-state index contributed by atoms with van der Waals surface area (Å²) in [5.74, 6) is -0.359. The summed E-state index contributed by atoms with van der Waals surface area (Å²) < 4.78 is 11.0. The first-order valence-electron chi connectivity index (χ1n) is 19.0. The summed E-state index contributed by atoms with van der Waals surface area (Å²) in [5, 5.41) is 0. The minimum absolute atomic E-state index is 0.158. The van der Waals surface area contributed by atoms with Crippen LogP contribution < -0.4 is 0 Å². The first-order valence-corrected chi connectivity index (χ1v) is 19.8. The van der Waals surface area contributed by atoms with Gasteiger partial charge in [-0.1, -0.05) is 141 Å². The molecule has 44 heavy (non-hydrogen) atoms. The molecule has 2 atom stereocenters. The molecule has 0 aliphatic rings. The Hall–Kier alpha value is -1.15. The van der Waals surface area contributed by atoms with Crippen LogP contribution in [-0.2, 0) is 19.1 Å². The highest BCUT2D eigenvalue weighted by Gasteiger charge is 2.15. The van der Waals surface area contributed by atoms with E-state index in [1.165, 1.54) is 141 Å². The van der Waals surface area contributed by atoms with Crippen molar-refractivity contribution in [3.8, 4) is 0 Å². The fraction of sp³-hybridized carbons (Fsp3) is 0.846. The summed E-state index contributed by atoms with van der Waals surface area (Å²) >= 11 is 0. The second-order valence-corrected chi connectivity index (χ2v) is 13.2. The smallest absolute Gasteiger partial charge is 0.306 e. The number of rotatable bonds is 34. The number of ether oxygens (including phenoxy) is 2. The maximum Gasteiger partial charge on any atom is 0.306 e. The maximum atomic E-state index is 12.2. The Morgan fingerprint density at radius 2 is 0.841 bits per heavy atom. The highest BCUT2D eigenvalue weighted by molar-refractivity contribution is 7.16. The van der Waals surface area contributed by atoms with E-state index in [1.54, 1.807) is 0 Å². The van der Waals surface area contributed by atoms with Gasteiger partial charge in [-0.05, 0) is 64.2 Å². The predicted octanol–water partition coefficient (Wildman–Crippen LogP) is 12.4. The van der Waals surface area contributed by atoms with Crippen LogP contribution in [0.1, 0.15) is 194 Å². The van der Waals surface area contributed by atoms with Crippen molar-refractivity contribution < 1.29 is 19.1 Å². The average Bonchev–Trinajstić information content (AvgIpc) is 3.02. The molecule has 0 bridgehead atoms. The zero-order valence-electron chi connectivity index (χ0n) is 29.3. The van der Waals surface area contributed by atoms with Crippen molar-refractivity contribution in [1.29, 1.82) is 0 Å². The lowest BCUT2D eigenvalue weighted by atomic mass is 10.1. The van der Waals surface area contributed by atoms with Gasteiger partial charge in [-0.3, -0.25) is 9.59 Å². The van der Waals surface area contributed by atoms with E-state index < -0.39 is 0 Å². The van der Waals surface area contributed by atoms with Gasteiger partial charge >= 0.3 is 11.9 Å². The van der Waals surface area contributed by atoms with Gasteiger partial charge in [0.05, 0.1) is 0 Å². The van der Waals surface area contributed by atoms with E-state index in [4.69, 9.17) is 9.47 Å². The van der Waals surface area contributed by atoms with Gasteiger partial charge in [0.15, 0.2) is 0 Å². The minimum atomic E-state index is -0.367. The quantitative estimate of drug-likeness (QED) is 0.0305. The van der Waals surface area contributed by atoms with E-state index in [9.17, 15) is 9.59 Å². The molecule has 0 radical (unpaired) electrons. The molecule has 4 nitrogen and oxygen atoms in total. The lowest BCUT2D eigenvalue weighted by Crippen LogP contribution is -2.26. The van der Waals surface area contributed by atoms with E-state index in [0.717, 1.165) is 25.7 Å². The number of allylic oxidation sites excluding steroid dienone is 4. The third-order valence-electron chi connectivity index (χ3n) is 8.28. The lowest BCUT2D eigenvalue weighted by Gasteiger charge is -2.16. The first-order chi connectivity index (χ1) is 21.6. The van der Waals surface area contributed by atoms with Gasteiger partial charge in [-0.25, -0.2) is 0 Å². The van der Waals surface area contributed by atoms with Gasteiger partial charge in [-0.2, -0.15) is 0 Å². The molecule has 0 rings (SSSR count). The second kappa shape index (κ2) is 36.3. The van der Waals surface area contributed by atoms with Gasteiger partial charge in [-0.15, -0.1) is 9.24 Å². The molecule has 0 aromatic heterocycles. The monoisotopic (exact) mass is 637 g/mol. The second-order valence-electron chi connectivity index (χ2n) is 12.7. The zero-order valence-corrected chi connectivity index (χ0v) is 30.5. The zero-order chi connectivity index (χ0) is 32.2. The first kappa shape index (κ1) is 42.9. The Balaban J connectivity index is 3.58. The fourth-order valence-corrected chi connectivity index (χ4v) is 5.57. The van der Waals surface area contributed by atoms with E-state index >= 15 is 0 Å². The van der Waals surface area contributed by atoms with Crippen molar-refractivity contribution in [2.24, 2.45) is 0 Å². The van der Waals surface area contributed by atoms with Crippen LogP contribution in [0.5, 0.6) is 0 Å². The summed E-state index contributed by atoms with van der Waals surface area (Å²) in [6, 6.07) is 0. The van der Waals surface area contributed by atoms with Crippen molar-refractivity contribution >= 4 is 21.2 Å². The summed E-state index contributed by atoms with van der Waals surface area (Å²) in [6.07, 6.45) is 42.8. The van der Waals surface area contributed by atoms with Crippen LogP contribution in [0.3, 0.4) is 0 Å². The van der Waals surface area contributed by atoms with Crippen LogP contribution in [0, 0.1) is 0 Å². The molecular formula is C39H73O4P. The molecule has 0 amide bonds. The third kappa shape index (κ3) is 33.7. The molecule has 0 aromatic rings. The minimum Gasteiger partial charge on any atom is -0.462 e. The maximum absolute atomic E-state index is 12.2. The number of carbonyl (C=O) groups is 2. The molecule has 0 aromatic carbocycles. The molecule has 258 valence electrons. The van der Waals surface area contributed by atoms with Crippen LogP contribution in [-0.4, -0.2) is 30.8 Å². The topological polar surface area (TPSA) is 52.6 Å². The summed E-state index contributed by atoms with van der Waals surface area (Å²) in [7, 11) is 2.60. The molecule has 0 aliphatic carbocycles. The normalized spacial score (nSPS) is 12.3. The number of carbonyl (C=O) groups excluding carboxylic acids is 2. The Morgan fingerprint density at radius 1 is 0.500 bits per heavy atom. The Bertz CT molecular complexity index is 675. The van der Waals surface area contributed by atoms with E-state index in [1.807, 2.05) is 0 Å². The van der Waals surface area contributed by atoms with Gasteiger partial charge in [0.1, 0.15) is 12.7 Å². The lowest BCUT2D eigenvalue weighted by molar-refractivity contribution is -0.157. The number of unbranched alkanes of at least 4 members (excludes halogenated alkanes) is 22. The Kier molecular flexibility index (Phi) is 35.4. The number of esters is 2. The molecular weight excluding hydrogens is 563 g/mol. The third-order valence-corrected chi connectivity index (χ3v) is 8.80. The van der Waals surface area contributed by atoms with E-state index in [2.05, 4.69) is 47.4 Å². The van der Waals surface area contributed by atoms with Crippen molar-refractivity contribution in [2.75, 3.05) is 12.8 Å². The van der Waals surface area contributed by atoms with Crippen LogP contribution in [0.15, 0.2) is 24.3 Å². The molecule has 0 fully saturated rings.